The molecule has 20 heavy (non-hydrogen) atoms. The SMILES string of the molecule is CCCCCCCCC(CCCc1ccccc1)NN. The molecule has 0 spiro atoms. The van der Waals surface area contributed by atoms with E-state index in [2.05, 4.69) is 42.7 Å². The number of rotatable bonds is 12. The third-order valence-electron chi connectivity index (χ3n) is 4.00. The van der Waals surface area contributed by atoms with E-state index in [0.717, 1.165) is 6.42 Å². The molecule has 3 N–H and O–H groups in total. The summed E-state index contributed by atoms with van der Waals surface area (Å²) in [5.41, 5.74) is 4.42. The molecule has 0 aliphatic heterocycles. The Bertz CT molecular complexity index is 310. The highest BCUT2D eigenvalue weighted by Crippen LogP contribution is 2.12. The van der Waals surface area contributed by atoms with Gasteiger partial charge in [0.1, 0.15) is 0 Å². The molecule has 2 nitrogen and oxygen atoms in total. The summed E-state index contributed by atoms with van der Waals surface area (Å²) in [6.07, 6.45) is 12.9. The predicted octanol–water partition coefficient (Wildman–Crippen LogP) is 4.59. The summed E-state index contributed by atoms with van der Waals surface area (Å²) >= 11 is 0. The van der Waals surface area contributed by atoms with Crippen LogP contribution < -0.4 is 11.3 Å². The van der Waals surface area contributed by atoms with Gasteiger partial charge in [-0.05, 0) is 31.2 Å². The second-order valence-corrected chi connectivity index (χ2v) is 5.80. The zero-order valence-electron chi connectivity index (χ0n) is 13.1. The summed E-state index contributed by atoms with van der Waals surface area (Å²) in [6.45, 7) is 2.26. The summed E-state index contributed by atoms with van der Waals surface area (Å²) in [4.78, 5) is 0. The predicted molar refractivity (Wildman–Crippen MR) is 88.5 cm³/mol. The molecular formula is C18H32N2. The Morgan fingerprint density at radius 3 is 2.25 bits per heavy atom. The van der Waals surface area contributed by atoms with Gasteiger partial charge in [-0.3, -0.25) is 11.3 Å². The maximum Gasteiger partial charge on any atom is 0.0210 e. The van der Waals surface area contributed by atoms with E-state index >= 15 is 0 Å². The molecule has 0 amide bonds. The lowest BCUT2D eigenvalue weighted by molar-refractivity contribution is 0.428. The van der Waals surface area contributed by atoms with Crippen LogP contribution in [0.3, 0.4) is 0 Å². The fourth-order valence-corrected chi connectivity index (χ4v) is 2.68. The lowest BCUT2D eigenvalue weighted by Gasteiger charge is -2.15. The first-order chi connectivity index (χ1) is 9.86. The van der Waals surface area contributed by atoms with Crippen LogP contribution in [0.5, 0.6) is 0 Å². The van der Waals surface area contributed by atoms with Crippen LogP contribution >= 0.6 is 0 Å². The van der Waals surface area contributed by atoms with Gasteiger partial charge in [-0.2, -0.15) is 0 Å². The van der Waals surface area contributed by atoms with Crippen molar-refractivity contribution in [3.8, 4) is 0 Å². The molecule has 0 bridgehead atoms. The number of nitrogens with one attached hydrogen (secondary N) is 1. The fourth-order valence-electron chi connectivity index (χ4n) is 2.68. The van der Waals surface area contributed by atoms with E-state index in [1.165, 1.54) is 63.4 Å². The van der Waals surface area contributed by atoms with Gasteiger partial charge in [0.2, 0.25) is 0 Å². The largest absolute Gasteiger partial charge is 0.271 e. The van der Waals surface area contributed by atoms with Gasteiger partial charge in [0.25, 0.3) is 0 Å². The Labute approximate surface area is 125 Å². The van der Waals surface area contributed by atoms with E-state index in [4.69, 9.17) is 5.84 Å². The van der Waals surface area contributed by atoms with Gasteiger partial charge < -0.3 is 0 Å². The molecule has 114 valence electrons. The summed E-state index contributed by atoms with van der Waals surface area (Å²) in [5, 5.41) is 0. The Balaban J connectivity index is 2.04. The maximum absolute atomic E-state index is 5.66. The monoisotopic (exact) mass is 276 g/mol. The maximum atomic E-state index is 5.66. The van der Waals surface area contributed by atoms with Crippen molar-refractivity contribution in [3.63, 3.8) is 0 Å². The van der Waals surface area contributed by atoms with E-state index in [9.17, 15) is 0 Å². The Hall–Kier alpha value is -0.860. The van der Waals surface area contributed by atoms with Crippen LogP contribution in [0.15, 0.2) is 30.3 Å². The van der Waals surface area contributed by atoms with Gasteiger partial charge in [-0.1, -0.05) is 75.8 Å². The topological polar surface area (TPSA) is 38.0 Å². The van der Waals surface area contributed by atoms with Crippen LogP contribution in [0.2, 0.25) is 0 Å². The van der Waals surface area contributed by atoms with Crippen molar-refractivity contribution in [2.45, 2.75) is 77.2 Å². The van der Waals surface area contributed by atoms with Gasteiger partial charge in [-0.25, -0.2) is 0 Å². The highest BCUT2D eigenvalue weighted by atomic mass is 15.2. The standard InChI is InChI=1S/C18H32N2/c1-2-3-4-5-6-10-15-18(20-19)16-11-14-17-12-8-7-9-13-17/h7-9,12-13,18,20H,2-6,10-11,14-16,19H2,1H3. The quantitative estimate of drug-likeness (QED) is 0.333. The van der Waals surface area contributed by atoms with Crippen molar-refractivity contribution < 1.29 is 0 Å². The second-order valence-electron chi connectivity index (χ2n) is 5.80. The highest BCUT2D eigenvalue weighted by molar-refractivity contribution is 5.14. The molecule has 0 aliphatic carbocycles. The number of aryl methyl sites for hydroxylation is 1. The normalized spacial score (nSPS) is 12.5. The molecule has 0 aliphatic rings. The van der Waals surface area contributed by atoms with Crippen molar-refractivity contribution in [2.75, 3.05) is 0 Å². The highest BCUT2D eigenvalue weighted by Gasteiger charge is 2.06. The number of benzene rings is 1. The minimum Gasteiger partial charge on any atom is -0.271 e. The first kappa shape index (κ1) is 17.2. The summed E-state index contributed by atoms with van der Waals surface area (Å²) in [5.74, 6) is 5.66. The molecule has 1 atom stereocenters. The Morgan fingerprint density at radius 2 is 1.55 bits per heavy atom. The zero-order valence-corrected chi connectivity index (χ0v) is 13.1. The van der Waals surface area contributed by atoms with E-state index < -0.39 is 0 Å². The van der Waals surface area contributed by atoms with Gasteiger partial charge in [0.05, 0.1) is 0 Å². The van der Waals surface area contributed by atoms with Crippen molar-refractivity contribution in [1.29, 1.82) is 0 Å². The summed E-state index contributed by atoms with van der Waals surface area (Å²) < 4.78 is 0. The van der Waals surface area contributed by atoms with E-state index in [-0.39, 0.29) is 0 Å². The van der Waals surface area contributed by atoms with Crippen LogP contribution in [-0.4, -0.2) is 6.04 Å². The van der Waals surface area contributed by atoms with Crippen molar-refractivity contribution in [2.24, 2.45) is 5.84 Å². The van der Waals surface area contributed by atoms with Gasteiger partial charge >= 0.3 is 0 Å². The number of unbranched alkanes of at least 4 members (excludes halogenated alkanes) is 5. The first-order valence-corrected chi connectivity index (χ1v) is 8.37. The minimum atomic E-state index is 0.491. The summed E-state index contributed by atoms with van der Waals surface area (Å²) in [6, 6.07) is 11.2. The van der Waals surface area contributed by atoms with Gasteiger partial charge in [0, 0.05) is 6.04 Å². The molecule has 0 radical (unpaired) electrons. The van der Waals surface area contributed by atoms with Crippen LogP contribution in [0, 0.1) is 0 Å². The molecule has 0 saturated heterocycles. The van der Waals surface area contributed by atoms with Crippen molar-refractivity contribution in [3.05, 3.63) is 35.9 Å². The van der Waals surface area contributed by atoms with Crippen molar-refractivity contribution in [1.82, 2.24) is 5.43 Å². The molecule has 0 heterocycles. The van der Waals surface area contributed by atoms with Crippen molar-refractivity contribution >= 4 is 0 Å². The van der Waals surface area contributed by atoms with Crippen LogP contribution in [0.25, 0.3) is 0 Å². The zero-order chi connectivity index (χ0) is 14.5. The third kappa shape index (κ3) is 8.34. The molecule has 0 aromatic heterocycles. The Kier molecular flexibility index (Phi) is 10.3. The van der Waals surface area contributed by atoms with E-state index in [0.29, 0.717) is 6.04 Å². The van der Waals surface area contributed by atoms with E-state index in [1.807, 2.05) is 0 Å². The van der Waals surface area contributed by atoms with Gasteiger partial charge in [0.15, 0.2) is 0 Å². The van der Waals surface area contributed by atoms with Crippen LogP contribution in [0.4, 0.5) is 0 Å². The molecule has 0 fully saturated rings. The smallest absolute Gasteiger partial charge is 0.0210 e. The van der Waals surface area contributed by atoms with E-state index in [1.54, 1.807) is 0 Å². The number of hydrazine groups is 1. The Morgan fingerprint density at radius 1 is 0.900 bits per heavy atom. The molecule has 1 unspecified atom stereocenters. The second kappa shape index (κ2) is 11.9. The molecule has 2 heteroatoms. The average molecular weight is 276 g/mol. The lowest BCUT2D eigenvalue weighted by Crippen LogP contribution is -2.35. The molecule has 1 rings (SSSR count). The van der Waals surface area contributed by atoms with Crippen LogP contribution in [-0.2, 0) is 6.42 Å². The van der Waals surface area contributed by atoms with Gasteiger partial charge in [-0.15, -0.1) is 0 Å². The summed E-state index contributed by atoms with van der Waals surface area (Å²) in [7, 11) is 0. The number of hydrogen-bond acceptors (Lipinski definition) is 2. The fraction of sp³-hybridized carbons (Fsp3) is 0.667. The number of hydrogen-bond donors (Lipinski definition) is 2. The third-order valence-corrected chi connectivity index (χ3v) is 4.00. The molecule has 0 saturated carbocycles. The van der Waals surface area contributed by atoms with Crippen LogP contribution in [0.1, 0.15) is 70.3 Å². The average Bonchev–Trinajstić information content (AvgIpc) is 2.50. The minimum absolute atomic E-state index is 0.491. The molecule has 1 aromatic carbocycles. The number of nitrogens with two attached hydrogens (primary N) is 1. The molecule has 1 aromatic rings. The lowest BCUT2D eigenvalue weighted by atomic mass is 10.00. The first-order valence-electron chi connectivity index (χ1n) is 8.37. The molecular weight excluding hydrogens is 244 g/mol.